The highest BCUT2D eigenvalue weighted by molar-refractivity contribution is 6.11. The van der Waals surface area contributed by atoms with Crippen LogP contribution in [0.1, 0.15) is 23.6 Å². The molecule has 0 aromatic heterocycles. The second-order valence-corrected chi connectivity index (χ2v) is 8.73. The first-order valence-electron chi connectivity index (χ1n) is 10.6. The van der Waals surface area contributed by atoms with Gasteiger partial charge in [-0.25, -0.2) is 0 Å². The third kappa shape index (κ3) is 2.55. The number of allylic oxidation sites excluding steroid dienone is 1. The van der Waals surface area contributed by atoms with Crippen molar-refractivity contribution in [2.45, 2.75) is 31.0 Å². The Morgan fingerprint density at radius 2 is 1.94 bits per heavy atom. The van der Waals surface area contributed by atoms with Crippen molar-refractivity contribution in [3.63, 3.8) is 0 Å². The van der Waals surface area contributed by atoms with Crippen molar-refractivity contribution < 1.29 is 32.2 Å². The molecule has 1 amide bonds. The van der Waals surface area contributed by atoms with Gasteiger partial charge in [-0.1, -0.05) is 25.1 Å². The molecular weight excluding hydrogens is 423 g/mol. The smallest absolute Gasteiger partial charge is 0.448 e. The summed E-state index contributed by atoms with van der Waals surface area (Å²) in [6, 6.07) is 11.2. The number of carbonyl (C=O) groups excluding carboxylic acids is 1. The second kappa shape index (κ2) is 6.43. The quantitative estimate of drug-likeness (QED) is 0.701. The van der Waals surface area contributed by atoms with E-state index < -0.39 is 29.4 Å². The summed E-state index contributed by atoms with van der Waals surface area (Å²) in [5, 5.41) is 0. The highest BCUT2D eigenvalue weighted by atomic mass is 19.4. The molecule has 166 valence electrons. The molecule has 0 N–H and O–H groups in total. The van der Waals surface area contributed by atoms with Gasteiger partial charge in [0.2, 0.25) is 5.91 Å². The summed E-state index contributed by atoms with van der Waals surface area (Å²) in [7, 11) is 0. The van der Waals surface area contributed by atoms with Gasteiger partial charge < -0.3 is 19.1 Å². The number of amides is 1. The molecule has 3 atom stereocenters. The van der Waals surface area contributed by atoms with Crippen LogP contribution in [0.4, 0.5) is 18.9 Å². The summed E-state index contributed by atoms with van der Waals surface area (Å²) >= 11 is 0. The van der Waals surface area contributed by atoms with E-state index in [4.69, 9.17) is 14.2 Å². The highest BCUT2D eigenvalue weighted by Gasteiger charge is 2.58. The van der Waals surface area contributed by atoms with Crippen LogP contribution in [-0.2, 0) is 21.4 Å². The lowest BCUT2D eigenvalue weighted by Gasteiger charge is -2.27. The molecule has 0 aliphatic carbocycles. The van der Waals surface area contributed by atoms with Crippen molar-refractivity contribution in [2.24, 2.45) is 5.92 Å². The van der Waals surface area contributed by atoms with Gasteiger partial charge in [0.15, 0.2) is 5.76 Å². The zero-order valence-electron chi connectivity index (χ0n) is 17.2. The number of carbonyl (C=O) groups is 1. The molecule has 0 fully saturated rings. The van der Waals surface area contributed by atoms with Crippen LogP contribution in [0.15, 0.2) is 48.2 Å². The monoisotopic (exact) mass is 443 g/mol. The van der Waals surface area contributed by atoms with E-state index in [0.29, 0.717) is 18.0 Å². The van der Waals surface area contributed by atoms with Crippen LogP contribution in [0.2, 0.25) is 0 Å². The molecule has 0 saturated carbocycles. The molecule has 4 aliphatic heterocycles. The van der Waals surface area contributed by atoms with Crippen LogP contribution in [0.5, 0.6) is 11.5 Å². The second-order valence-electron chi connectivity index (χ2n) is 8.73. The Morgan fingerprint density at radius 3 is 2.72 bits per heavy atom. The number of ether oxygens (including phenoxy) is 3. The van der Waals surface area contributed by atoms with Crippen molar-refractivity contribution in [3.8, 4) is 11.5 Å². The molecule has 1 spiro atoms. The van der Waals surface area contributed by atoms with E-state index in [1.807, 2.05) is 36.4 Å². The van der Waals surface area contributed by atoms with Crippen LogP contribution >= 0.6 is 0 Å². The van der Waals surface area contributed by atoms with Gasteiger partial charge in [0.1, 0.15) is 29.6 Å². The Morgan fingerprint density at radius 1 is 1.12 bits per heavy atom. The third-order valence-corrected chi connectivity index (χ3v) is 6.88. The van der Waals surface area contributed by atoms with Crippen LogP contribution in [0.3, 0.4) is 0 Å². The standard InChI is InChI=1S/C24H20F3NO4/c1-13-8-21(24(25,26)27)32-20(13)11-28-17-5-3-2-4-15(17)23(22(28)29)12-31-19-10-18-14(6-7-30-18)9-16(19)23/h2-5,8-10,13,20H,6-7,11-12H2,1H3/t13?,20?,23-/m0/s1. The fraction of sp³-hybridized carbons (Fsp3) is 0.375. The van der Waals surface area contributed by atoms with Crippen molar-refractivity contribution in [3.05, 3.63) is 64.9 Å². The summed E-state index contributed by atoms with van der Waals surface area (Å²) in [4.78, 5) is 15.5. The normalized spacial score (nSPS) is 27.6. The van der Waals surface area contributed by atoms with E-state index in [-0.39, 0.29) is 19.1 Å². The van der Waals surface area contributed by atoms with Crippen molar-refractivity contribution in [2.75, 3.05) is 24.7 Å². The Labute approximate surface area is 182 Å². The van der Waals surface area contributed by atoms with Gasteiger partial charge in [0.05, 0.1) is 13.2 Å². The van der Waals surface area contributed by atoms with Crippen molar-refractivity contribution >= 4 is 11.6 Å². The first-order chi connectivity index (χ1) is 15.3. The first kappa shape index (κ1) is 19.5. The SMILES string of the molecule is CC1C=C(C(F)(F)F)OC1CN1C(=O)[C@@]2(COc3cc4c(cc32)CCO4)c2ccccc21. The summed E-state index contributed by atoms with van der Waals surface area (Å²) in [5.74, 6) is -0.282. The minimum absolute atomic E-state index is 0.0260. The minimum Gasteiger partial charge on any atom is -0.493 e. The van der Waals surface area contributed by atoms with E-state index in [1.165, 1.54) is 0 Å². The van der Waals surface area contributed by atoms with E-state index in [9.17, 15) is 18.0 Å². The largest absolute Gasteiger partial charge is 0.493 e. The third-order valence-electron chi connectivity index (χ3n) is 6.88. The molecule has 0 bridgehead atoms. The summed E-state index contributed by atoms with van der Waals surface area (Å²) in [6.45, 7) is 2.43. The number of fused-ring (bicyclic) bond motifs is 5. The van der Waals surface area contributed by atoms with E-state index in [2.05, 4.69) is 0 Å². The zero-order chi connectivity index (χ0) is 22.3. The lowest BCUT2D eigenvalue weighted by molar-refractivity contribution is -0.134. The van der Waals surface area contributed by atoms with Crippen LogP contribution in [0.25, 0.3) is 0 Å². The van der Waals surface area contributed by atoms with Gasteiger partial charge in [0.25, 0.3) is 0 Å². The maximum Gasteiger partial charge on any atom is 0.448 e. The Kier molecular flexibility index (Phi) is 3.92. The molecule has 0 saturated heterocycles. The fourth-order valence-electron chi connectivity index (χ4n) is 5.23. The van der Waals surface area contributed by atoms with Gasteiger partial charge in [-0.05, 0) is 29.3 Å². The number of halogens is 3. The van der Waals surface area contributed by atoms with Gasteiger partial charge >= 0.3 is 6.18 Å². The van der Waals surface area contributed by atoms with Crippen molar-refractivity contribution in [1.82, 2.24) is 0 Å². The predicted octanol–water partition coefficient (Wildman–Crippen LogP) is 4.13. The summed E-state index contributed by atoms with van der Waals surface area (Å²) < 4.78 is 56.3. The average molecular weight is 443 g/mol. The lowest BCUT2D eigenvalue weighted by atomic mass is 9.76. The molecule has 32 heavy (non-hydrogen) atoms. The maximum atomic E-state index is 13.9. The minimum atomic E-state index is -4.54. The summed E-state index contributed by atoms with van der Waals surface area (Å²) in [6.07, 6.45) is -3.48. The number of alkyl halides is 3. The molecule has 2 unspecified atom stereocenters. The number of nitrogens with zero attached hydrogens (tertiary/aromatic N) is 1. The molecule has 5 nitrogen and oxygen atoms in total. The van der Waals surface area contributed by atoms with E-state index >= 15 is 0 Å². The number of hydrogen-bond donors (Lipinski definition) is 0. The zero-order valence-corrected chi connectivity index (χ0v) is 17.2. The maximum absolute atomic E-state index is 13.9. The molecule has 2 aromatic rings. The average Bonchev–Trinajstić information content (AvgIpc) is 3.50. The van der Waals surface area contributed by atoms with Crippen LogP contribution < -0.4 is 14.4 Å². The van der Waals surface area contributed by atoms with Crippen molar-refractivity contribution in [1.29, 1.82) is 0 Å². The molecule has 2 aromatic carbocycles. The van der Waals surface area contributed by atoms with Gasteiger partial charge in [-0.3, -0.25) is 4.79 Å². The lowest BCUT2D eigenvalue weighted by Crippen LogP contribution is -2.45. The van der Waals surface area contributed by atoms with E-state index in [1.54, 1.807) is 11.8 Å². The highest BCUT2D eigenvalue weighted by Crippen LogP contribution is 2.54. The molecule has 4 heterocycles. The van der Waals surface area contributed by atoms with Crippen LogP contribution in [0, 0.1) is 5.92 Å². The van der Waals surface area contributed by atoms with Gasteiger partial charge in [-0.2, -0.15) is 13.2 Å². The predicted molar refractivity (Wildman–Crippen MR) is 109 cm³/mol. The number of anilines is 1. The van der Waals surface area contributed by atoms with E-state index in [0.717, 1.165) is 34.9 Å². The molecule has 6 rings (SSSR count). The van der Waals surface area contributed by atoms with Crippen LogP contribution in [-0.4, -0.2) is 37.9 Å². The molecule has 4 aliphatic rings. The van der Waals surface area contributed by atoms with Gasteiger partial charge in [-0.15, -0.1) is 0 Å². The number of benzene rings is 2. The Balaban J connectivity index is 1.39. The topological polar surface area (TPSA) is 48.0 Å². The number of rotatable bonds is 2. The number of hydrogen-bond acceptors (Lipinski definition) is 4. The Bertz CT molecular complexity index is 1170. The fourth-order valence-corrected chi connectivity index (χ4v) is 5.23. The first-order valence-corrected chi connectivity index (χ1v) is 10.6. The molecule has 0 radical (unpaired) electrons. The number of para-hydroxylation sites is 1. The Hall–Kier alpha value is -3.16. The summed E-state index contributed by atoms with van der Waals surface area (Å²) in [5.41, 5.74) is 2.28. The molecule has 8 heteroatoms. The molecular formula is C24H20F3NO4. The van der Waals surface area contributed by atoms with Gasteiger partial charge in [0, 0.05) is 29.7 Å².